The van der Waals surface area contributed by atoms with E-state index in [0.29, 0.717) is 30.3 Å². The van der Waals surface area contributed by atoms with Crippen LogP contribution in [0.25, 0.3) is 0 Å². The quantitative estimate of drug-likeness (QED) is 0.635. The van der Waals surface area contributed by atoms with Gasteiger partial charge in [-0.3, -0.25) is 4.99 Å². The van der Waals surface area contributed by atoms with E-state index in [4.69, 9.17) is 4.52 Å². The lowest BCUT2D eigenvalue weighted by atomic mass is 10.0. The van der Waals surface area contributed by atoms with Crippen LogP contribution in [0.1, 0.15) is 38.4 Å². The minimum absolute atomic E-state index is 0.468. The van der Waals surface area contributed by atoms with Crippen LogP contribution >= 0.6 is 0 Å². The maximum Gasteiger partial charge on any atom is 0.246 e. The maximum absolute atomic E-state index is 5.08. The topological polar surface area (TPSA) is 78.6 Å². The number of piperidine rings is 1. The van der Waals surface area contributed by atoms with Gasteiger partial charge in [-0.05, 0) is 33.6 Å². The van der Waals surface area contributed by atoms with Gasteiger partial charge in [0, 0.05) is 32.2 Å². The molecular weight excluding hydrogens is 268 g/mol. The lowest BCUT2D eigenvalue weighted by Crippen LogP contribution is -2.49. The Morgan fingerprint density at radius 2 is 2.14 bits per heavy atom. The van der Waals surface area contributed by atoms with E-state index in [0.717, 1.165) is 31.9 Å². The van der Waals surface area contributed by atoms with Gasteiger partial charge in [0.2, 0.25) is 5.89 Å². The average molecular weight is 294 g/mol. The normalized spacial score (nSPS) is 18.2. The molecule has 1 aliphatic heterocycles. The first kappa shape index (κ1) is 15.8. The third-order valence-corrected chi connectivity index (χ3v) is 3.80. The number of nitrogens with zero attached hydrogens (tertiary/aromatic N) is 4. The van der Waals surface area contributed by atoms with Crippen molar-refractivity contribution >= 4 is 5.96 Å². The van der Waals surface area contributed by atoms with Crippen LogP contribution < -0.4 is 10.6 Å². The molecule has 0 atom stereocenters. The predicted octanol–water partition coefficient (Wildman–Crippen LogP) is 0.916. The third kappa shape index (κ3) is 4.70. The van der Waals surface area contributed by atoms with Gasteiger partial charge in [-0.1, -0.05) is 5.16 Å². The Morgan fingerprint density at radius 3 is 2.67 bits per heavy atom. The van der Waals surface area contributed by atoms with E-state index in [9.17, 15) is 0 Å². The predicted molar refractivity (Wildman–Crippen MR) is 82.1 cm³/mol. The minimum atomic E-state index is 0.468. The molecule has 0 unspecified atom stereocenters. The van der Waals surface area contributed by atoms with Crippen molar-refractivity contribution in [3.8, 4) is 0 Å². The Hall–Kier alpha value is -1.63. The van der Waals surface area contributed by atoms with Crippen LogP contribution in [0.4, 0.5) is 0 Å². The number of aryl methyl sites for hydroxylation is 1. The van der Waals surface area contributed by atoms with Crippen molar-refractivity contribution in [3.63, 3.8) is 0 Å². The molecule has 1 aliphatic rings. The molecule has 2 rings (SSSR count). The molecule has 1 aromatic heterocycles. The van der Waals surface area contributed by atoms with Gasteiger partial charge < -0.3 is 20.1 Å². The Bertz CT molecular complexity index is 462. The molecule has 2 heterocycles. The van der Waals surface area contributed by atoms with E-state index in [-0.39, 0.29) is 0 Å². The number of aliphatic imine (C=N–C) groups is 1. The van der Waals surface area contributed by atoms with Crippen molar-refractivity contribution in [1.29, 1.82) is 0 Å². The highest BCUT2D eigenvalue weighted by molar-refractivity contribution is 5.79. The molecule has 118 valence electrons. The molecule has 7 heteroatoms. The largest absolute Gasteiger partial charge is 0.354 e. The van der Waals surface area contributed by atoms with E-state index in [1.807, 2.05) is 6.92 Å². The summed E-state index contributed by atoms with van der Waals surface area (Å²) in [6.45, 7) is 9.07. The van der Waals surface area contributed by atoms with Gasteiger partial charge in [-0.2, -0.15) is 4.98 Å². The zero-order valence-corrected chi connectivity index (χ0v) is 13.4. The summed E-state index contributed by atoms with van der Waals surface area (Å²) in [4.78, 5) is 10.9. The smallest absolute Gasteiger partial charge is 0.246 e. The van der Waals surface area contributed by atoms with Crippen molar-refractivity contribution in [2.75, 3.05) is 20.1 Å². The summed E-state index contributed by atoms with van der Waals surface area (Å²) in [7, 11) is 1.78. The second kappa shape index (κ2) is 7.40. The summed E-state index contributed by atoms with van der Waals surface area (Å²) >= 11 is 0. The SMILES string of the molecule is CN=C(NCc1nc(C)no1)NC1CCN(C(C)C)CC1. The lowest BCUT2D eigenvalue weighted by molar-refractivity contribution is 0.167. The number of aromatic nitrogens is 2. The molecule has 0 saturated carbocycles. The monoisotopic (exact) mass is 294 g/mol. The van der Waals surface area contributed by atoms with Crippen molar-refractivity contribution in [2.45, 2.75) is 52.2 Å². The fourth-order valence-corrected chi connectivity index (χ4v) is 2.52. The Kier molecular flexibility index (Phi) is 5.55. The third-order valence-electron chi connectivity index (χ3n) is 3.80. The Morgan fingerprint density at radius 1 is 1.43 bits per heavy atom. The number of hydrogen-bond donors (Lipinski definition) is 2. The van der Waals surface area contributed by atoms with Gasteiger partial charge >= 0.3 is 0 Å². The number of guanidine groups is 1. The van der Waals surface area contributed by atoms with Gasteiger partial charge in [0.25, 0.3) is 0 Å². The van der Waals surface area contributed by atoms with Crippen LogP contribution in [0.3, 0.4) is 0 Å². The summed E-state index contributed by atoms with van der Waals surface area (Å²) < 4.78 is 5.08. The van der Waals surface area contributed by atoms with Crippen molar-refractivity contribution in [3.05, 3.63) is 11.7 Å². The van der Waals surface area contributed by atoms with Crippen LogP contribution in [0.2, 0.25) is 0 Å². The summed E-state index contributed by atoms with van der Waals surface area (Å²) in [5, 5.41) is 10.4. The van der Waals surface area contributed by atoms with E-state index in [2.05, 4.69) is 44.5 Å². The highest BCUT2D eigenvalue weighted by atomic mass is 16.5. The number of rotatable bonds is 4. The second-order valence-corrected chi connectivity index (χ2v) is 5.71. The maximum atomic E-state index is 5.08. The van der Waals surface area contributed by atoms with E-state index < -0.39 is 0 Å². The zero-order valence-electron chi connectivity index (χ0n) is 13.4. The first-order chi connectivity index (χ1) is 10.1. The first-order valence-corrected chi connectivity index (χ1v) is 7.59. The van der Waals surface area contributed by atoms with Crippen LogP contribution in [-0.2, 0) is 6.54 Å². The molecule has 1 fully saturated rings. The van der Waals surface area contributed by atoms with E-state index in [1.165, 1.54) is 0 Å². The molecule has 0 radical (unpaired) electrons. The van der Waals surface area contributed by atoms with Crippen LogP contribution in [0, 0.1) is 6.92 Å². The number of nitrogens with one attached hydrogen (secondary N) is 2. The standard InChI is InChI=1S/C14H26N6O/c1-10(2)20-7-5-12(6-8-20)18-14(15-4)16-9-13-17-11(3)19-21-13/h10,12H,5-9H2,1-4H3,(H2,15,16,18). The summed E-state index contributed by atoms with van der Waals surface area (Å²) in [6.07, 6.45) is 2.27. The Labute approximate surface area is 126 Å². The van der Waals surface area contributed by atoms with Crippen molar-refractivity contribution in [2.24, 2.45) is 4.99 Å². The molecule has 1 saturated heterocycles. The first-order valence-electron chi connectivity index (χ1n) is 7.59. The summed E-state index contributed by atoms with van der Waals surface area (Å²) in [5.74, 6) is 2.01. The molecule has 0 bridgehead atoms. The van der Waals surface area contributed by atoms with E-state index in [1.54, 1.807) is 7.05 Å². The molecule has 7 nitrogen and oxygen atoms in total. The van der Waals surface area contributed by atoms with Crippen LogP contribution in [0.5, 0.6) is 0 Å². The molecule has 0 amide bonds. The second-order valence-electron chi connectivity index (χ2n) is 5.71. The van der Waals surface area contributed by atoms with Crippen molar-refractivity contribution in [1.82, 2.24) is 25.7 Å². The average Bonchev–Trinajstić information content (AvgIpc) is 2.89. The zero-order chi connectivity index (χ0) is 15.2. The molecule has 0 aliphatic carbocycles. The highest BCUT2D eigenvalue weighted by Crippen LogP contribution is 2.12. The van der Waals surface area contributed by atoms with Gasteiger partial charge in [0.15, 0.2) is 11.8 Å². The number of likely N-dealkylation sites (tertiary alicyclic amines) is 1. The van der Waals surface area contributed by atoms with Crippen LogP contribution in [-0.4, -0.2) is 53.2 Å². The molecule has 21 heavy (non-hydrogen) atoms. The molecule has 0 aromatic carbocycles. The van der Waals surface area contributed by atoms with Gasteiger partial charge in [-0.15, -0.1) is 0 Å². The lowest BCUT2D eigenvalue weighted by Gasteiger charge is -2.35. The minimum Gasteiger partial charge on any atom is -0.354 e. The van der Waals surface area contributed by atoms with Gasteiger partial charge in [0.1, 0.15) is 0 Å². The van der Waals surface area contributed by atoms with Gasteiger partial charge in [0.05, 0.1) is 6.54 Å². The van der Waals surface area contributed by atoms with E-state index >= 15 is 0 Å². The van der Waals surface area contributed by atoms with Gasteiger partial charge in [-0.25, -0.2) is 0 Å². The highest BCUT2D eigenvalue weighted by Gasteiger charge is 2.21. The summed E-state index contributed by atoms with van der Waals surface area (Å²) in [6, 6.07) is 1.10. The Balaban J connectivity index is 1.75. The molecular formula is C14H26N6O. The number of hydrogen-bond acceptors (Lipinski definition) is 5. The van der Waals surface area contributed by atoms with Crippen LogP contribution in [0.15, 0.2) is 9.52 Å². The van der Waals surface area contributed by atoms with Crippen molar-refractivity contribution < 1.29 is 4.52 Å². The fraction of sp³-hybridized carbons (Fsp3) is 0.786. The fourth-order valence-electron chi connectivity index (χ4n) is 2.52. The molecule has 0 spiro atoms. The summed E-state index contributed by atoms with van der Waals surface area (Å²) in [5.41, 5.74) is 0. The molecule has 2 N–H and O–H groups in total. The molecule has 1 aromatic rings.